The second-order valence-corrected chi connectivity index (χ2v) is 18.0. The summed E-state index contributed by atoms with van der Waals surface area (Å²) < 4.78 is 65.2. The van der Waals surface area contributed by atoms with Crippen molar-refractivity contribution >= 4 is 66.4 Å². The molecule has 0 radical (unpaired) electrons. The number of carbonyl (C=O) groups is 2. The number of rotatable bonds is 12. The highest BCUT2D eigenvalue weighted by Crippen LogP contribution is 2.40. The molecule has 2 saturated heterocycles. The maximum Gasteiger partial charge on any atom is 0.230 e. The molecule has 71 heavy (non-hydrogen) atoms. The zero-order valence-electron chi connectivity index (χ0n) is 40.3. The Morgan fingerprint density at radius 1 is 0.620 bits per heavy atom. The second kappa shape index (κ2) is 22.6. The first-order valence-electron chi connectivity index (χ1n) is 23.2. The van der Waals surface area contributed by atoms with E-state index in [1.807, 2.05) is 24.8 Å². The maximum atomic E-state index is 15.1. The number of ether oxygens (including phenoxy) is 6. The molecular weight excluding hydrogens is 938 g/mol. The van der Waals surface area contributed by atoms with Gasteiger partial charge in [-0.1, -0.05) is 0 Å². The molecular formula is C52H55ClF2N8O8. The van der Waals surface area contributed by atoms with E-state index in [2.05, 4.69) is 46.8 Å². The minimum Gasteiger partial charge on any atom is -0.493 e. The smallest absolute Gasteiger partial charge is 0.230 e. The molecule has 2 aliphatic heterocycles. The number of nitrogens with one attached hydrogen (secondary N) is 3. The van der Waals surface area contributed by atoms with Crippen LogP contribution >= 0.6 is 11.6 Å². The van der Waals surface area contributed by atoms with Crippen molar-refractivity contribution in [3.05, 3.63) is 96.3 Å². The zero-order valence-corrected chi connectivity index (χ0v) is 41.0. The molecule has 0 atom stereocenters. The van der Waals surface area contributed by atoms with Crippen LogP contribution in [0.4, 0.5) is 8.78 Å². The number of H-pyrrole nitrogens is 2. The van der Waals surface area contributed by atoms with Crippen molar-refractivity contribution in [2.24, 2.45) is 11.8 Å². The average Bonchev–Trinajstić information content (AvgIpc) is 3.96. The van der Waals surface area contributed by atoms with Gasteiger partial charge in [0.2, 0.25) is 22.9 Å². The van der Waals surface area contributed by atoms with Gasteiger partial charge in [0, 0.05) is 72.3 Å². The summed E-state index contributed by atoms with van der Waals surface area (Å²) >= 11 is 4.64. The van der Waals surface area contributed by atoms with Gasteiger partial charge in [-0.3, -0.25) is 9.59 Å². The summed E-state index contributed by atoms with van der Waals surface area (Å²) in [5.74, 6) is 2.99. The number of likely N-dealkylation sites (tertiary alicyclic amines) is 1. The minimum absolute atomic E-state index is 0.0766. The molecule has 16 nitrogen and oxygen atoms in total. The minimum atomic E-state index is -0.457. The van der Waals surface area contributed by atoms with Crippen LogP contribution in [0.25, 0.3) is 43.6 Å². The quantitative estimate of drug-likeness (QED) is 0.0982. The number of aromatic nitrogens is 6. The van der Waals surface area contributed by atoms with Gasteiger partial charge in [0.1, 0.15) is 12.7 Å². The summed E-state index contributed by atoms with van der Waals surface area (Å²) in [6.45, 7) is 11.3. The number of halogens is 3. The predicted octanol–water partition coefficient (Wildman–Crippen LogP) is 10.5. The van der Waals surface area contributed by atoms with Crippen molar-refractivity contribution < 1.29 is 46.8 Å². The fourth-order valence-electron chi connectivity index (χ4n) is 8.61. The van der Waals surface area contributed by atoms with Gasteiger partial charge in [0.15, 0.2) is 46.1 Å². The molecule has 10 rings (SSSR count). The molecule has 8 aromatic rings. The largest absolute Gasteiger partial charge is 0.493 e. The van der Waals surface area contributed by atoms with Crippen molar-refractivity contribution in [3.8, 4) is 46.3 Å². The topological polar surface area (TPSA) is 188 Å². The Labute approximate surface area is 413 Å². The van der Waals surface area contributed by atoms with E-state index in [0.717, 1.165) is 68.8 Å². The molecule has 2 fully saturated rings. The van der Waals surface area contributed by atoms with Gasteiger partial charge >= 0.3 is 0 Å². The van der Waals surface area contributed by atoms with Crippen molar-refractivity contribution in [2.45, 2.75) is 53.4 Å². The number of aryl methyl sites for hydroxylation is 2. The number of benzene rings is 4. The standard InChI is InChI=1S/C26H27FN4O4.C24H25FN4O3.C2H3ClO/c1-15-10-18-20(30-15)4-5-22(25(18)27)35-26-19-11-23(33-3)24(12-21(19)28-14-29-26)34-13-17-6-8-31(9-7-17)16(2)32;1-14-9-16-18(29-14)3-4-20(23(16)25)32-24-17-10-21(30-2)22(11-19(17)27-13-28-24)31-12-15-5-7-26-8-6-15;1-2(3)4/h4-5,10-12,14,17,30H,6-9,13H2,1-3H3;3-4,9-11,13,15,26,29H,5-8,12H2,1-2H3;1H3. The first-order chi connectivity index (χ1) is 34.3. The van der Waals surface area contributed by atoms with Crippen LogP contribution in [0.5, 0.6) is 46.3 Å². The molecule has 2 aliphatic rings. The molecule has 3 N–H and O–H groups in total. The van der Waals surface area contributed by atoms with Crippen molar-refractivity contribution in [1.29, 1.82) is 0 Å². The van der Waals surface area contributed by atoms with E-state index in [1.165, 1.54) is 19.6 Å². The molecule has 0 saturated carbocycles. The molecule has 0 unspecified atom stereocenters. The predicted molar refractivity (Wildman–Crippen MR) is 266 cm³/mol. The molecule has 372 valence electrons. The number of aromatic amines is 2. The number of fused-ring (bicyclic) bond motifs is 4. The normalized spacial score (nSPS) is 14.1. The first kappa shape index (κ1) is 50.1. The van der Waals surface area contributed by atoms with Crippen LogP contribution in [0.15, 0.2) is 73.3 Å². The van der Waals surface area contributed by atoms with Crippen molar-refractivity contribution in [2.75, 3.05) is 53.6 Å². The van der Waals surface area contributed by atoms with Crippen LogP contribution in [0.2, 0.25) is 0 Å². The highest BCUT2D eigenvalue weighted by Gasteiger charge is 2.23. The summed E-state index contributed by atoms with van der Waals surface area (Å²) in [6, 6.07) is 17.4. The first-order valence-corrected chi connectivity index (χ1v) is 23.6. The molecule has 1 amide bonds. The number of nitrogens with zero attached hydrogens (tertiary/aromatic N) is 5. The van der Waals surface area contributed by atoms with E-state index in [4.69, 9.17) is 28.4 Å². The highest BCUT2D eigenvalue weighted by atomic mass is 35.5. The number of piperidine rings is 2. The lowest BCUT2D eigenvalue weighted by atomic mass is 9.98. The van der Waals surface area contributed by atoms with E-state index in [0.29, 0.717) is 86.1 Å². The summed E-state index contributed by atoms with van der Waals surface area (Å²) in [5, 5.41) is 5.13. The number of carbonyl (C=O) groups excluding carboxylic acids is 2. The van der Waals surface area contributed by atoms with Gasteiger partial charge in [-0.05, 0) is 125 Å². The Bertz CT molecular complexity index is 3190. The highest BCUT2D eigenvalue weighted by molar-refractivity contribution is 6.62. The summed E-state index contributed by atoms with van der Waals surface area (Å²) in [4.78, 5) is 46.0. The van der Waals surface area contributed by atoms with Crippen molar-refractivity contribution in [1.82, 2.24) is 40.1 Å². The van der Waals surface area contributed by atoms with Gasteiger partial charge in [0.05, 0.1) is 49.2 Å². The lowest BCUT2D eigenvalue weighted by Crippen LogP contribution is -2.38. The Hall–Kier alpha value is -7.31. The molecule has 4 aromatic carbocycles. The summed E-state index contributed by atoms with van der Waals surface area (Å²) in [7, 11) is 3.15. The van der Waals surface area contributed by atoms with E-state index in [1.54, 1.807) is 75.7 Å². The number of amides is 1. The van der Waals surface area contributed by atoms with Gasteiger partial charge in [-0.2, -0.15) is 0 Å². The monoisotopic (exact) mass is 992 g/mol. The third-order valence-corrected chi connectivity index (χ3v) is 12.3. The van der Waals surface area contributed by atoms with Crippen LogP contribution < -0.4 is 33.7 Å². The lowest BCUT2D eigenvalue weighted by molar-refractivity contribution is -0.130. The third-order valence-electron chi connectivity index (χ3n) is 12.3. The number of hydrogen-bond donors (Lipinski definition) is 3. The van der Waals surface area contributed by atoms with Crippen LogP contribution in [0.3, 0.4) is 0 Å². The Morgan fingerprint density at radius 2 is 1.06 bits per heavy atom. The maximum absolute atomic E-state index is 15.1. The SMILES string of the molecule is CC(=O)Cl.COc1cc2c(Oc3ccc4[nH]c(C)cc4c3F)ncnc2cc1OCC1CCN(C(C)=O)CC1.COc1cc2c(Oc3ccc4[nH]c(C)cc4c3F)ncnc2cc1OCC1CCNCC1. The van der Waals surface area contributed by atoms with Gasteiger partial charge in [-0.15, -0.1) is 0 Å². The summed E-state index contributed by atoms with van der Waals surface area (Å²) in [6.07, 6.45) is 6.75. The van der Waals surface area contributed by atoms with Gasteiger partial charge < -0.3 is 48.6 Å². The van der Waals surface area contributed by atoms with E-state index >= 15 is 8.78 Å². The Morgan fingerprint density at radius 3 is 1.48 bits per heavy atom. The van der Waals surface area contributed by atoms with E-state index < -0.39 is 11.6 Å². The third kappa shape index (κ3) is 12.0. The van der Waals surface area contributed by atoms with E-state index in [9.17, 15) is 9.59 Å². The fraction of sp³-hybridized carbons (Fsp3) is 0.346. The van der Waals surface area contributed by atoms with Gasteiger partial charge in [0.25, 0.3) is 0 Å². The van der Waals surface area contributed by atoms with Crippen LogP contribution in [-0.4, -0.2) is 99.6 Å². The molecule has 6 heterocycles. The molecule has 19 heteroatoms. The van der Waals surface area contributed by atoms with Crippen LogP contribution in [0.1, 0.15) is 50.9 Å². The van der Waals surface area contributed by atoms with Crippen LogP contribution in [0, 0.1) is 37.3 Å². The average molecular weight is 994 g/mol. The Balaban J connectivity index is 0.000000178. The summed E-state index contributed by atoms with van der Waals surface area (Å²) in [5.41, 5.74) is 4.40. The molecule has 0 bridgehead atoms. The number of hydrogen-bond acceptors (Lipinski definition) is 13. The van der Waals surface area contributed by atoms with Crippen molar-refractivity contribution in [3.63, 3.8) is 0 Å². The van der Waals surface area contributed by atoms with Crippen LogP contribution in [-0.2, 0) is 9.59 Å². The molecule has 0 spiro atoms. The van der Waals surface area contributed by atoms with E-state index in [-0.39, 0.29) is 34.4 Å². The molecule has 0 aliphatic carbocycles. The number of methoxy groups -OCH3 is 2. The van der Waals surface area contributed by atoms with Gasteiger partial charge in [-0.25, -0.2) is 28.7 Å². The Kier molecular flexibility index (Phi) is 16.0. The lowest BCUT2D eigenvalue weighted by Gasteiger charge is -2.31. The second-order valence-electron chi connectivity index (χ2n) is 17.4. The fourth-order valence-corrected chi connectivity index (χ4v) is 8.61. The zero-order chi connectivity index (χ0) is 50.2. The molecule has 4 aromatic heterocycles.